The predicted molar refractivity (Wildman–Crippen MR) is 78.7 cm³/mol. The van der Waals surface area contributed by atoms with Gasteiger partial charge in [0.15, 0.2) is 0 Å². The summed E-state index contributed by atoms with van der Waals surface area (Å²) < 4.78 is 0. The molecule has 0 saturated carbocycles. The van der Waals surface area contributed by atoms with Gasteiger partial charge in [0, 0.05) is 5.92 Å². The average molecular weight is 268 g/mol. The number of aromatic amines is 2. The Morgan fingerprint density at radius 1 is 0.950 bits per heavy atom. The van der Waals surface area contributed by atoms with Gasteiger partial charge in [0.05, 0.1) is 17.1 Å². The van der Waals surface area contributed by atoms with Gasteiger partial charge in [0.1, 0.15) is 0 Å². The van der Waals surface area contributed by atoms with Crippen LogP contribution < -0.4 is 5.69 Å². The summed E-state index contributed by atoms with van der Waals surface area (Å²) in [5, 5.41) is 10.5. The van der Waals surface area contributed by atoms with Crippen LogP contribution in [0.1, 0.15) is 30.1 Å². The first-order valence-electron chi connectivity index (χ1n) is 6.60. The zero-order chi connectivity index (χ0) is 14.1. The minimum atomic E-state index is -0.611. The van der Waals surface area contributed by atoms with E-state index in [-0.39, 0.29) is 11.6 Å². The zero-order valence-corrected chi connectivity index (χ0v) is 11.1. The lowest BCUT2D eigenvalue weighted by atomic mass is 9.91. The van der Waals surface area contributed by atoms with Gasteiger partial charge in [0.2, 0.25) is 0 Å². The number of rotatable bonds is 3. The maximum Gasteiger partial charge on any atom is 0.323 e. The molecule has 3 N–H and O–H groups in total. The number of aromatic nitrogens is 2. The molecule has 4 heteroatoms. The monoisotopic (exact) mass is 268 g/mol. The summed E-state index contributed by atoms with van der Waals surface area (Å²) >= 11 is 0. The molecule has 4 nitrogen and oxygen atoms in total. The number of aliphatic hydroxyl groups excluding tert-OH is 1. The fourth-order valence-electron chi connectivity index (χ4n) is 2.46. The van der Waals surface area contributed by atoms with Gasteiger partial charge in [-0.2, -0.15) is 0 Å². The molecule has 3 aromatic rings. The first kappa shape index (κ1) is 12.7. The molecule has 1 heterocycles. The molecule has 2 atom stereocenters. The standard InChI is InChI=1S/C16H16N2O2/c1-10(11-5-3-2-4-6-11)15(19)12-7-8-13-14(9-12)18-16(20)17-13/h2-10,15,19H,1H3,(H2,17,18,20). The Hall–Kier alpha value is -2.33. The Morgan fingerprint density at radius 2 is 1.65 bits per heavy atom. The van der Waals surface area contributed by atoms with Gasteiger partial charge < -0.3 is 15.1 Å². The lowest BCUT2D eigenvalue weighted by Crippen LogP contribution is -2.07. The van der Waals surface area contributed by atoms with Gasteiger partial charge in [-0.05, 0) is 23.3 Å². The van der Waals surface area contributed by atoms with Gasteiger partial charge in [-0.3, -0.25) is 0 Å². The molecule has 0 radical (unpaired) electrons. The zero-order valence-electron chi connectivity index (χ0n) is 11.1. The molecule has 3 rings (SSSR count). The van der Waals surface area contributed by atoms with E-state index in [1.165, 1.54) is 0 Å². The number of nitrogens with one attached hydrogen (secondary N) is 2. The van der Waals surface area contributed by atoms with Crippen molar-refractivity contribution in [2.45, 2.75) is 18.9 Å². The van der Waals surface area contributed by atoms with Crippen LogP contribution in [0.3, 0.4) is 0 Å². The highest BCUT2D eigenvalue weighted by Gasteiger charge is 2.18. The topological polar surface area (TPSA) is 68.9 Å². The van der Waals surface area contributed by atoms with Crippen molar-refractivity contribution in [3.63, 3.8) is 0 Å². The number of hydrogen-bond acceptors (Lipinski definition) is 2. The maximum absolute atomic E-state index is 11.3. The van der Waals surface area contributed by atoms with Crippen molar-refractivity contribution in [2.75, 3.05) is 0 Å². The molecule has 0 aliphatic rings. The number of imidazole rings is 1. The minimum absolute atomic E-state index is 0.0145. The summed E-state index contributed by atoms with van der Waals surface area (Å²) in [5.74, 6) is -0.0145. The van der Waals surface area contributed by atoms with Crippen molar-refractivity contribution < 1.29 is 5.11 Å². The molecule has 0 bridgehead atoms. The van der Waals surface area contributed by atoms with E-state index in [0.29, 0.717) is 5.52 Å². The lowest BCUT2D eigenvalue weighted by molar-refractivity contribution is 0.152. The number of H-pyrrole nitrogens is 2. The first-order chi connectivity index (χ1) is 9.65. The van der Waals surface area contributed by atoms with E-state index in [1.54, 1.807) is 0 Å². The summed E-state index contributed by atoms with van der Waals surface area (Å²) in [6.45, 7) is 1.99. The van der Waals surface area contributed by atoms with Crippen molar-refractivity contribution >= 4 is 11.0 Å². The molecule has 2 unspecified atom stereocenters. The summed E-state index contributed by atoms with van der Waals surface area (Å²) in [6.07, 6.45) is -0.611. The van der Waals surface area contributed by atoms with Crippen LogP contribution in [0, 0.1) is 0 Å². The molecule has 0 aliphatic carbocycles. The van der Waals surface area contributed by atoms with Gasteiger partial charge >= 0.3 is 5.69 Å². The third kappa shape index (κ3) is 2.26. The summed E-state index contributed by atoms with van der Waals surface area (Å²) in [5.41, 5.74) is 3.11. The highest BCUT2D eigenvalue weighted by atomic mass is 16.3. The van der Waals surface area contributed by atoms with Crippen molar-refractivity contribution in [1.82, 2.24) is 9.97 Å². The van der Waals surface area contributed by atoms with Crippen LogP contribution >= 0.6 is 0 Å². The molecular weight excluding hydrogens is 252 g/mol. The van der Waals surface area contributed by atoms with E-state index >= 15 is 0 Å². The van der Waals surface area contributed by atoms with Crippen molar-refractivity contribution in [3.8, 4) is 0 Å². The number of benzene rings is 2. The number of aliphatic hydroxyl groups is 1. The molecule has 0 amide bonds. The predicted octanol–water partition coefficient (Wildman–Crippen LogP) is 2.69. The third-order valence-electron chi connectivity index (χ3n) is 3.68. The Balaban J connectivity index is 1.95. The Morgan fingerprint density at radius 3 is 2.40 bits per heavy atom. The highest BCUT2D eigenvalue weighted by molar-refractivity contribution is 5.75. The van der Waals surface area contributed by atoms with E-state index in [4.69, 9.17) is 0 Å². The lowest BCUT2D eigenvalue weighted by Gasteiger charge is -2.19. The molecule has 0 spiro atoms. The summed E-state index contributed by atoms with van der Waals surface area (Å²) in [7, 11) is 0. The SMILES string of the molecule is CC(c1ccccc1)C(O)c1ccc2[nH]c(=O)[nH]c2c1. The normalized spacial score (nSPS) is 14.3. The number of hydrogen-bond donors (Lipinski definition) is 3. The van der Waals surface area contributed by atoms with Crippen LogP contribution in [-0.4, -0.2) is 15.1 Å². The van der Waals surface area contributed by atoms with Crippen LogP contribution in [0.25, 0.3) is 11.0 Å². The molecule has 102 valence electrons. The van der Waals surface area contributed by atoms with Crippen molar-refractivity contribution in [2.24, 2.45) is 0 Å². The highest BCUT2D eigenvalue weighted by Crippen LogP contribution is 2.31. The minimum Gasteiger partial charge on any atom is -0.388 e. The molecule has 0 saturated heterocycles. The second kappa shape index (κ2) is 4.98. The quantitative estimate of drug-likeness (QED) is 0.683. The average Bonchev–Trinajstić information content (AvgIpc) is 2.85. The van der Waals surface area contributed by atoms with Gasteiger partial charge in [-0.1, -0.05) is 43.3 Å². The fourth-order valence-corrected chi connectivity index (χ4v) is 2.46. The molecule has 20 heavy (non-hydrogen) atoms. The second-order valence-electron chi connectivity index (χ2n) is 5.03. The first-order valence-corrected chi connectivity index (χ1v) is 6.60. The van der Waals surface area contributed by atoms with Gasteiger partial charge in [-0.15, -0.1) is 0 Å². The second-order valence-corrected chi connectivity index (χ2v) is 5.03. The molecule has 1 aromatic heterocycles. The van der Waals surface area contributed by atoms with Gasteiger partial charge in [0.25, 0.3) is 0 Å². The van der Waals surface area contributed by atoms with Crippen LogP contribution in [0.5, 0.6) is 0 Å². The molecular formula is C16H16N2O2. The summed E-state index contributed by atoms with van der Waals surface area (Å²) in [6, 6.07) is 15.4. The van der Waals surface area contributed by atoms with Gasteiger partial charge in [-0.25, -0.2) is 4.79 Å². The smallest absolute Gasteiger partial charge is 0.323 e. The van der Waals surface area contributed by atoms with Crippen LogP contribution in [-0.2, 0) is 0 Å². The van der Waals surface area contributed by atoms with E-state index in [9.17, 15) is 9.90 Å². The Labute approximate surface area is 116 Å². The molecule has 0 fully saturated rings. The van der Waals surface area contributed by atoms with E-state index in [0.717, 1.165) is 16.6 Å². The van der Waals surface area contributed by atoms with E-state index < -0.39 is 6.10 Å². The van der Waals surface area contributed by atoms with Crippen LogP contribution in [0.15, 0.2) is 53.3 Å². The van der Waals surface area contributed by atoms with Crippen LogP contribution in [0.2, 0.25) is 0 Å². The molecule has 0 aliphatic heterocycles. The van der Waals surface area contributed by atoms with Crippen molar-refractivity contribution in [3.05, 3.63) is 70.1 Å². The largest absolute Gasteiger partial charge is 0.388 e. The summed E-state index contributed by atoms with van der Waals surface area (Å²) in [4.78, 5) is 16.7. The van der Waals surface area contributed by atoms with E-state index in [2.05, 4.69) is 9.97 Å². The maximum atomic E-state index is 11.3. The van der Waals surface area contributed by atoms with Crippen molar-refractivity contribution in [1.29, 1.82) is 0 Å². The van der Waals surface area contributed by atoms with E-state index in [1.807, 2.05) is 55.5 Å². The van der Waals surface area contributed by atoms with Crippen LogP contribution in [0.4, 0.5) is 0 Å². The third-order valence-corrected chi connectivity index (χ3v) is 3.68. The Bertz CT molecular complexity index is 774. The molecule has 2 aromatic carbocycles. The Kier molecular flexibility index (Phi) is 3.16. The fraction of sp³-hybridized carbons (Fsp3) is 0.188. The number of fused-ring (bicyclic) bond motifs is 1.